The van der Waals surface area contributed by atoms with Gasteiger partial charge in [-0.15, -0.1) is 0 Å². The van der Waals surface area contributed by atoms with Crippen molar-refractivity contribution >= 4 is 5.82 Å². The minimum absolute atomic E-state index is 0.00848. The van der Waals surface area contributed by atoms with E-state index in [1.807, 2.05) is 6.92 Å². The van der Waals surface area contributed by atoms with Gasteiger partial charge < -0.3 is 19.9 Å². The maximum absolute atomic E-state index is 9.82. The number of benzene rings is 1. The number of anilines is 1. The van der Waals surface area contributed by atoms with Crippen LogP contribution in [0.5, 0.6) is 11.5 Å². The summed E-state index contributed by atoms with van der Waals surface area (Å²) in [5, 5.41) is 12.8. The van der Waals surface area contributed by atoms with Crippen molar-refractivity contribution in [3.05, 3.63) is 47.7 Å². The van der Waals surface area contributed by atoms with E-state index in [9.17, 15) is 5.11 Å². The quantitative estimate of drug-likeness (QED) is 0.419. The molecule has 30 heavy (non-hydrogen) atoms. The molecular weight excluding hydrogens is 376 g/mol. The van der Waals surface area contributed by atoms with Crippen molar-refractivity contribution in [1.82, 2.24) is 4.98 Å². The van der Waals surface area contributed by atoms with E-state index in [2.05, 4.69) is 70.0 Å². The van der Waals surface area contributed by atoms with Gasteiger partial charge in [0, 0.05) is 18.2 Å². The minimum Gasteiger partial charge on any atom is -0.504 e. The number of hydrogen-bond donors (Lipinski definition) is 2. The molecule has 1 heterocycles. The fourth-order valence-corrected chi connectivity index (χ4v) is 3.09. The molecule has 1 aromatic carbocycles. The molecule has 2 aromatic rings. The van der Waals surface area contributed by atoms with Gasteiger partial charge in [-0.05, 0) is 47.4 Å². The van der Waals surface area contributed by atoms with Crippen molar-refractivity contribution < 1.29 is 14.6 Å². The molecule has 2 rings (SSSR count). The molecule has 0 fully saturated rings. The first-order valence-corrected chi connectivity index (χ1v) is 11.0. The van der Waals surface area contributed by atoms with Crippen LogP contribution in [0.4, 0.5) is 5.82 Å². The Labute approximate surface area is 181 Å². The predicted molar refractivity (Wildman–Crippen MR) is 123 cm³/mol. The maximum Gasteiger partial charge on any atom is 0.201 e. The van der Waals surface area contributed by atoms with Gasteiger partial charge in [0.2, 0.25) is 6.29 Å². The molecule has 0 spiro atoms. The zero-order valence-corrected chi connectivity index (χ0v) is 19.6. The molecule has 1 atom stereocenters. The number of rotatable bonds is 11. The summed E-state index contributed by atoms with van der Waals surface area (Å²) in [6.07, 6.45) is 4.00. The van der Waals surface area contributed by atoms with Crippen LogP contribution in [-0.2, 0) is 15.6 Å². The van der Waals surface area contributed by atoms with E-state index in [-0.39, 0.29) is 23.3 Å². The van der Waals surface area contributed by atoms with E-state index in [0.717, 1.165) is 18.6 Å². The Bertz CT molecular complexity index is 818. The van der Waals surface area contributed by atoms with Gasteiger partial charge in [0.25, 0.3) is 0 Å². The average molecular weight is 415 g/mol. The van der Waals surface area contributed by atoms with Crippen LogP contribution in [0.15, 0.2) is 36.5 Å². The van der Waals surface area contributed by atoms with Gasteiger partial charge in [0.15, 0.2) is 11.6 Å². The number of nitrogens with one attached hydrogen (secondary N) is 1. The van der Waals surface area contributed by atoms with E-state index in [4.69, 9.17) is 9.47 Å². The molecule has 0 aliphatic rings. The predicted octanol–water partition coefficient (Wildman–Crippen LogP) is 6.36. The van der Waals surface area contributed by atoms with Crippen molar-refractivity contribution in [3.63, 3.8) is 0 Å². The van der Waals surface area contributed by atoms with E-state index >= 15 is 0 Å². The molecule has 0 amide bonds. The minimum atomic E-state index is -0.403. The van der Waals surface area contributed by atoms with Crippen LogP contribution in [0.25, 0.3) is 0 Å². The molecule has 0 bridgehead atoms. The summed E-state index contributed by atoms with van der Waals surface area (Å²) in [6, 6.07) is 9.83. The number of nitrogens with zero attached hydrogens (tertiary/aromatic N) is 1. The molecule has 1 aromatic heterocycles. The van der Waals surface area contributed by atoms with Crippen LogP contribution in [0.1, 0.15) is 78.9 Å². The summed E-state index contributed by atoms with van der Waals surface area (Å²) in [5.74, 6) is 1.35. The second kappa shape index (κ2) is 10.2. The standard InChI is InChI=1S/C25H38N2O3/c1-8-22(29-17-27-23-20(28)12-11-15-26-23)30-21-14-13-18(24(4,5)9-2)16-19(21)25(6,7)10-3/h11-16,22,28H,8-10,17H2,1-7H3,(H,26,27). The third kappa shape index (κ3) is 5.88. The molecule has 0 saturated carbocycles. The number of pyridine rings is 1. The molecule has 2 N–H and O–H groups in total. The molecule has 0 aliphatic carbocycles. The molecule has 5 nitrogen and oxygen atoms in total. The zero-order chi connectivity index (χ0) is 22.4. The first kappa shape index (κ1) is 24.0. The van der Waals surface area contributed by atoms with Crippen molar-refractivity contribution in [2.75, 3.05) is 12.0 Å². The Morgan fingerprint density at radius 2 is 1.73 bits per heavy atom. The lowest BCUT2D eigenvalue weighted by Crippen LogP contribution is -2.26. The topological polar surface area (TPSA) is 63.6 Å². The number of ether oxygens (including phenoxy) is 2. The summed E-state index contributed by atoms with van der Waals surface area (Å²) in [4.78, 5) is 4.10. The lowest BCUT2D eigenvalue weighted by Gasteiger charge is -2.31. The summed E-state index contributed by atoms with van der Waals surface area (Å²) in [5.41, 5.74) is 2.65. The Morgan fingerprint density at radius 1 is 1.03 bits per heavy atom. The highest BCUT2D eigenvalue weighted by atomic mass is 16.7. The van der Waals surface area contributed by atoms with E-state index < -0.39 is 6.29 Å². The van der Waals surface area contributed by atoms with Gasteiger partial charge in [0.1, 0.15) is 12.5 Å². The van der Waals surface area contributed by atoms with Gasteiger partial charge in [-0.3, -0.25) is 0 Å². The lowest BCUT2D eigenvalue weighted by atomic mass is 9.76. The van der Waals surface area contributed by atoms with Crippen molar-refractivity contribution in [2.45, 2.75) is 84.8 Å². The van der Waals surface area contributed by atoms with Gasteiger partial charge in [-0.25, -0.2) is 4.98 Å². The first-order chi connectivity index (χ1) is 14.1. The smallest absolute Gasteiger partial charge is 0.201 e. The maximum atomic E-state index is 9.82. The first-order valence-electron chi connectivity index (χ1n) is 11.0. The van der Waals surface area contributed by atoms with Crippen molar-refractivity contribution in [1.29, 1.82) is 0 Å². The molecule has 0 radical (unpaired) electrons. The summed E-state index contributed by atoms with van der Waals surface area (Å²) in [6.45, 7) is 15.7. The fourth-order valence-electron chi connectivity index (χ4n) is 3.09. The highest BCUT2D eigenvalue weighted by Gasteiger charge is 2.27. The normalized spacial score (nSPS) is 13.2. The molecule has 0 aliphatic heterocycles. The lowest BCUT2D eigenvalue weighted by molar-refractivity contribution is -0.0755. The number of hydrogen-bond acceptors (Lipinski definition) is 5. The molecule has 5 heteroatoms. The molecule has 1 unspecified atom stereocenters. The highest BCUT2D eigenvalue weighted by Crippen LogP contribution is 2.39. The Kier molecular flexibility index (Phi) is 8.13. The fraction of sp³-hybridized carbons (Fsp3) is 0.560. The van der Waals surface area contributed by atoms with Crippen LogP contribution in [0.2, 0.25) is 0 Å². The average Bonchev–Trinajstić information content (AvgIpc) is 2.74. The van der Waals surface area contributed by atoms with Crippen LogP contribution in [0.3, 0.4) is 0 Å². The Morgan fingerprint density at radius 3 is 2.33 bits per heavy atom. The number of aromatic nitrogens is 1. The van der Waals surface area contributed by atoms with Crippen LogP contribution >= 0.6 is 0 Å². The van der Waals surface area contributed by atoms with Crippen LogP contribution in [-0.4, -0.2) is 23.1 Å². The van der Waals surface area contributed by atoms with Gasteiger partial charge >= 0.3 is 0 Å². The van der Waals surface area contributed by atoms with Gasteiger partial charge in [-0.2, -0.15) is 0 Å². The number of aromatic hydroxyl groups is 1. The van der Waals surface area contributed by atoms with E-state index in [1.54, 1.807) is 18.3 Å². The second-order valence-electron chi connectivity index (χ2n) is 9.00. The van der Waals surface area contributed by atoms with Gasteiger partial charge in [-0.1, -0.05) is 60.6 Å². The Balaban J connectivity index is 2.18. The highest BCUT2D eigenvalue weighted by molar-refractivity contribution is 5.48. The monoisotopic (exact) mass is 414 g/mol. The summed E-state index contributed by atoms with van der Waals surface area (Å²) >= 11 is 0. The summed E-state index contributed by atoms with van der Waals surface area (Å²) < 4.78 is 12.2. The largest absolute Gasteiger partial charge is 0.504 e. The Hall–Kier alpha value is -2.27. The molecule has 166 valence electrons. The summed E-state index contributed by atoms with van der Waals surface area (Å²) in [7, 11) is 0. The SMILES string of the molecule is CCC(OCNc1ncccc1O)Oc1ccc(C(C)(C)CC)cc1C(C)(C)CC. The molecule has 0 saturated heterocycles. The molecular formula is C25H38N2O3. The second-order valence-corrected chi connectivity index (χ2v) is 9.00. The third-order valence-electron chi connectivity index (χ3n) is 6.14. The van der Waals surface area contributed by atoms with Crippen LogP contribution < -0.4 is 10.1 Å². The van der Waals surface area contributed by atoms with Crippen molar-refractivity contribution in [3.8, 4) is 11.5 Å². The van der Waals surface area contributed by atoms with Crippen LogP contribution in [0, 0.1) is 0 Å². The van der Waals surface area contributed by atoms with Gasteiger partial charge in [0.05, 0.1) is 0 Å². The van der Waals surface area contributed by atoms with Crippen molar-refractivity contribution in [2.24, 2.45) is 0 Å². The van der Waals surface area contributed by atoms with E-state index in [0.29, 0.717) is 12.2 Å². The van der Waals surface area contributed by atoms with E-state index in [1.165, 1.54) is 11.1 Å². The third-order valence-corrected chi connectivity index (χ3v) is 6.14. The zero-order valence-electron chi connectivity index (χ0n) is 19.6.